The molecule has 0 aliphatic carbocycles. The zero-order valence-corrected chi connectivity index (χ0v) is 15.4. The van der Waals surface area contributed by atoms with E-state index in [9.17, 15) is 5.11 Å². The molecule has 0 amide bonds. The summed E-state index contributed by atoms with van der Waals surface area (Å²) in [5.74, 6) is 0.693. The minimum absolute atomic E-state index is 0.123. The largest absolute Gasteiger partial charge is 0.493 e. The van der Waals surface area contributed by atoms with Crippen molar-refractivity contribution in [1.29, 1.82) is 0 Å². The van der Waals surface area contributed by atoms with Crippen LogP contribution in [-0.2, 0) is 0 Å². The van der Waals surface area contributed by atoms with Gasteiger partial charge in [-0.15, -0.1) is 11.3 Å². The van der Waals surface area contributed by atoms with Crippen molar-refractivity contribution in [3.8, 4) is 11.6 Å². The number of thiazole rings is 1. The van der Waals surface area contributed by atoms with E-state index in [1.54, 1.807) is 10.6 Å². The van der Waals surface area contributed by atoms with Crippen LogP contribution < -0.4 is 10.7 Å². The second kappa shape index (κ2) is 6.06. The number of nitrogens with zero attached hydrogens (tertiary/aromatic N) is 3. The van der Waals surface area contributed by atoms with Gasteiger partial charge in [0.05, 0.1) is 21.3 Å². The van der Waals surface area contributed by atoms with Crippen molar-refractivity contribution in [1.82, 2.24) is 4.57 Å². The summed E-state index contributed by atoms with van der Waals surface area (Å²) < 4.78 is 2.30. The average molecular weight is 365 g/mol. The number of benzene rings is 2. The van der Waals surface area contributed by atoms with Gasteiger partial charge in [0.1, 0.15) is 0 Å². The Morgan fingerprint density at radius 1 is 1.08 bits per heavy atom. The van der Waals surface area contributed by atoms with Gasteiger partial charge in [0.15, 0.2) is 9.78 Å². The molecule has 4 nitrogen and oxygen atoms in total. The van der Waals surface area contributed by atoms with Crippen molar-refractivity contribution in [2.45, 2.75) is 13.8 Å². The van der Waals surface area contributed by atoms with Crippen LogP contribution in [0.4, 0.5) is 0 Å². The van der Waals surface area contributed by atoms with Crippen molar-refractivity contribution in [3.63, 3.8) is 0 Å². The molecule has 0 bridgehead atoms. The predicted octanol–water partition coefficient (Wildman–Crippen LogP) is 3.84. The van der Waals surface area contributed by atoms with E-state index < -0.39 is 0 Å². The molecular weight excluding hydrogens is 350 g/mol. The quantitative estimate of drug-likeness (QED) is 0.702. The van der Waals surface area contributed by atoms with Gasteiger partial charge in [0.25, 0.3) is 0 Å². The van der Waals surface area contributed by atoms with Crippen LogP contribution in [0, 0.1) is 17.8 Å². The number of aryl methyl sites for hydroxylation is 2. The van der Waals surface area contributed by atoms with E-state index in [4.69, 9.17) is 12.2 Å². The standard InChI is InChI=1S/C19H15N3OS2/c1-11-7-8-12(2)15(9-11)22-18(23)16(25-19(22)24)10-17-20-13-5-3-4-6-14(13)21-17/h3-10,23H,1-2H3. The normalized spacial score (nSPS) is 12.5. The third-order valence-electron chi connectivity index (χ3n) is 4.03. The lowest BCUT2D eigenvalue weighted by Crippen LogP contribution is -2.19. The summed E-state index contributed by atoms with van der Waals surface area (Å²) in [5.41, 5.74) is 3.06. The Kier molecular flexibility index (Phi) is 3.86. The lowest BCUT2D eigenvalue weighted by atomic mass is 10.1. The van der Waals surface area contributed by atoms with E-state index in [0.717, 1.165) is 27.5 Å². The first-order chi connectivity index (χ1) is 12.0. The minimum atomic E-state index is 0.123. The summed E-state index contributed by atoms with van der Waals surface area (Å²) >= 11 is 6.83. The van der Waals surface area contributed by atoms with Crippen molar-refractivity contribution >= 4 is 29.6 Å². The Bertz CT molecular complexity index is 1170. The highest BCUT2D eigenvalue weighted by Crippen LogP contribution is 2.33. The summed E-state index contributed by atoms with van der Waals surface area (Å²) in [5, 5.41) is 12.4. The third-order valence-corrected chi connectivity index (χ3v) is 5.34. The maximum Gasteiger partial charge on any atom is 0.215 e. The fourth-order valence-corrected chi connectivity index (χ4v) is 4.02. The Balaban J connectivity index is 1.85. The van der Waals surface area contributed by atoms with E-state index in [2.05, 4.69) is 9.98 Å². The van der Waals surface area contributed by atoms with Gasteiger partial charge in [-0.3, -0.25) is 4.57 Å². The predicted molar refractivity (Wildman–Crippen MR) is 102 cm³/mol. The maximum absolute atomic E-state index is 10.7. The number of aromatic nitrogens is 1. The lowest BCUT2D eigenvalue weighted by molar-refractivity contribution is 0.441. The van der Waals surface area contributed by atoms with Crippen molar-refractivity contribution in [3.05, 3.63) is 79.0 Å². The fraction of sp³-hybridized carbons (Fsp3) is 0.105. The SMILES string of the molecule is Cc1ccc(C)c(-n2c(O)c(C=C3N=c4ccccc4=N3)sc2=S)c1. The first kappa shape index (κ1) is 15.9. The van der Waals surface area contributed by atoms with Gasteiger partial charge in [0, 0.05) is 6.08 Å². The van der Waals surface area contributed by atoms with Gasteiger partial charge >= 0.3 is 0 Å². The molecule has 0 unspecified atom stereocenters. The van der Waals surface area contributed by atoms with E-state index in [1.165, 1.54) is 11.3 Å². The van der Waals surface area contributed by atoms with E-state index in [-0.39, 0.29) is 5.88 Å². The highest BCUT2D eigenvalue weighted by atomic mass is 32.1. The van der Waals surface area contributed by atoms with Crippen LogP contribution in [0.2, 0.25) is 0 Å². The molecule has 0 spiro atoms. The average Bonchev–Trinajstić information content (AvgIpc) is 3.11. The zero-order chi connectivity index (χ0) is 17.6. The molecule has 1 aliphatic heterocycles. The number of para-hydroxylation sites is 2. The highest BCUT2D eigenvalue weighted by Gasteiger charge is 2.15. The fourth-order valence-electron chi connectivity index (χ4n) is 2.76. The molecule has 0 atom stereocenters. The summed E-state index contributed by atoms with van der Waals surface area (Å²) in [4.78, 5) is 9.61. The number of fused-ring (bicyclic) bond motifs is 1. The number of hydrogen-bond acceptors (Lipinski definition) is 5. The van der Waals surface area contributed by atoms with E-state index in [0.29, 0.717) is 14.7 Å². The second-order valence-electron chi connectivity index (χ2n) is 5.90. The maximum atomic E-state index is 10.7. The minimum Gasteiger partial charge on any atom is -0.493 e. The van der Waals surface area contributed by atoms with Gasteiger partial charge in [-0.25, -0.2) is 9.98 Å². The number of aromatic hydroxyl groups is 1. The summed E-state index contributed by atoms with van der Waals surface area (Å²) in [6.07, 6.45) is 1.78. The molecule has 0 saturated heterocycles. The molecule has 2 heterocycles. The molecule has 2 aromatic carbocycles. The van der Waals surface area contributed by atoms with Crippen LogP contribution in [0.3, 0.4) is 0 Å². The molecule has 124 valence electrons. The number of hydrogen-bond donors (Lipinski definition) is 1. The van der Waals surface area contributed by atoms with Gasteiger partial charge in [-0.1, -0.05) is 24.3 Å². The Morgan fingerprint density at radius 3 is 2.44 bits per heavy atom. The molecule has 1 aliphatic rings. The third kappa shape index (κ3) is 2.83. The molecule has 0 fully saturated rings. The van der Waals surface area contributed by atoms with Gasteiger partial charge < -0.3 is 5.11 Å². The van der Waals surface area contributed by atoms with Gasteiger partial charge in [0.2, 0.25) is 5.88 Å². The highest BCUT2D eigenvalue weighted by molar-refractivity contribution is 7.73. The lowest BCUT2D eigenvalue weighted by Gasteiger charge is -2.09. The first-order valence-corrected chi connectivity index (χ1v) is 9.02. The van der Waals surface area contributed by atoms with E-state index >= 15 is 0 Å². The van der Waals surface area contributed by atoms with Crippen molar-refractivity contribution in [2.24, 2.45) is 9.98 Å². The van der Waals surface area contributed by atoms with Gasteiger partial charge in [-0.05, 0) is 55.4 Å². The first-order valence-electron chi connectivity index (χ1n) is 7.79. The zero-order valence-electron chi connectivity index (χ0n) is 13.7. The molecule has 0 radical (unpaired) electrons. The summed E-state index contributed by atoms with van der Waals surface area (Å²) in [6.45, 7) is 4.02. The summed E-state index contributed by atoms with van der Waals surface area (Å²) in [7, 11) is 0. The monoisotopic (exact) mass is 365 g/mol. The van der Waals surface area contributed by atoms with Crippen LogP contribution in [0.15, 0.2) is 58.3 Å². The molecule has 1 aromatic heterocycles. The van der Waals surface area contributed by atoms with Crippen molar-refractivity contribution < 1.29 is 5.11 Å². The Labute approximate surface area is 153 Å². The molecule has 3 aromatic rings. The van der Waals surface area contributed by atoms with Crippen LogP contribution >= 0.6 is 23.6 Å². The van der Waals surface area contributed by atoms with Crippen LogP contribution in [-0.4, -0.2) is 9.67 Å². The molecular formula is C19H15N3OS2. The smallest absolute Gasteiger partial charge is 0.215 e. The Morgan fingerprint density at radius 2 is 1.76 bits per heavy atom. The van der Waals surface area contributed by atoms with Crippen LogP contribution in [0.1, 0.15) is 16.0 Å². The number of rotatable bonds is 2. The van der Waals surface area contributed by atoms with E-state index in [1.807, 2.05) is 56.3 Å². The molecule has 4 rings (SSSR count). The summed E-state index contributed by atoms with van der Waals surface area (Å²) in [6, 6.07) is 13.8. The van der Waals surface area contributed by atoms with Gasteiger partial charge in [-0.2, -0.15) is 0 Å². The van der Waals surface area contributed by atoms with Crippen LogP contribution in [0.5, 0.6) is 5.88 Å². The second-order valence-corrected chi connectivity index (χ2v) is 7.57. The van der Waals surface area contributed by atoms with Crippen LogP contribution in [0.25, 0.3) is 11.8 Å². The molecule has 6 heteroatoms. The Hall–Kier alpha value is -2.57. The molecule has 0 saturated carbocycles. The topological polar surface area (TPSA) is 49.9 Å². The molecule has 25 heavy (non-hydrogen) atoms. The molecule has 1 N–H and O–H groups in total. The van der Waals surface area contributed by atoms with Crippen molar-refractivity contribution in [2.75, 3.05) is 0 Å².